The molecular formula is C18H13Cl2N5O3. The quantitative estimate of drug-likeness (QED) is 0.458. The standard InChI is InChI=1S/C18H13Cl2N5O3/c19-9-1-3-13-11(5-9)12(7-22-13)16-24-18(28-25-16)15(8-26)23-17(27)14-4-2-10(20)6-21-14/h1-7,15,22,26H,8H2,(H,23,27)/t15-/m0/s1. The Hall–Kier alpha value is -2.94. The zero-order valence-electron chi connectivity index (χ0n) is 14.2. The summed E-state index contributed by atoms with van der Waals surface area (Å²) in [6.45, 7) is -0.430. The fourth-order valence-electron chi connectivity index (χ4n) is 2.69. The lowest BCUT2D eigenvalue weighted by molar-refractivity contribution is 0.0896. The number of benzene rings is 1. The Bertz CT molecular complexity index is 1140. The van der Waals surface area contributed by atoms with E-state index < -0.39 is 18.6 Å². The fraction of sp³-hybridized carbons (Fsp3) is 0.111. The highest BCUT2D eigenvalue weighted by atomic mass is 35.5. The first-order valence-electron chi connectivity index (χ1n) is 8.19. The number of hydrogen-bond acceptors (Lipinski definition) is 6. The molecule has 3 aromatic heterocycles. The van der Waals surface area contributed by atoms with Gasteiger partial charge in [-0.15, -0.1) is 0 Å². The number of rotatable bonds is 5. The van der Waals surface area contributed by atoms with Gasteiger partial charge >= 0.3 is 0 Å². The summed E-state index contributed by atoms with van der Waals surface area (Å²) >= 11 is 11.8. The summed E-state index contributed by atoms with van der Waals surface area (Å²) in [5, 5.41) is 18.0. The van der Waals surface area contributed by atoms with Crippen molar-refractivity contribution < 1.29 is 14.4 Å². The number of halogens is 2. The third-order valence-corrected chi connectivity index (χ3v) is 4.53. The molecule has 8 nitrogen and oxygen atoms in total. The highest BCUT2D eigenvalue weighted by Crippen LogP contribution is 2.29. The van der Waals surface area contributed by atoms with Gasteiger partial charge in [0.1, 0.15) is 11.7 Å². The van der Waals surface area contributed by atoms with Gasteiger partial charge < -0.3 is 19.9 Å². The third-order valence-electron chi connectivity index (χ3n) is 4.07. The Morgan fingerprint density at radius 2 is 2.07 bits per heavy atom. The number of fused-ring (bicyclic) bond motifs is 1. The van der Waals surface area contributed by atoms with E-state index in [4.69, 9.17) is 27.7 Å². The molecule has 1 amide bonds. The van der Waals surface area contributed by atoms with Gasteiger partial charge in [-0.05, 0) is 30.3 Å². The number of H-pyrrole nitrogens is 1. The molecule has 0 radical (unpaired) electrons. The van der Waals surface area contributed by atoms with Crippen molar-refractivity contribution in [2.24, 2.45) is 0 Å². The number of nitrogens with one attached hydrogen (secondary N) is 2. The van der Waals surface area contributed by atoms with Crippen LogP contribution in [0.5, 0.6) is 0 Å². The van der Waals surface area contributed by atoms with Crippen LogP contribution >= 0.6 is 23.2 Å². The Kier molecular flexibility index (Phi) is 4.99. The molecule has 28 heavy (non-hydrogen) atoms. The molecule has 0 saturated heterocycles. The number of aromatic nitrogens is 4. The third kappa shape index (κ3) is 3.57. The number of aliphatic hydroxyl groups excluding tert-OH is 1. The van der Waals surface area contributed by atoms with E-state index in [0.29, 0.717) is 21.4 Å². The van der Waals surface area contributed by atoms with Gasteiger partial charge in [0.25, 0.3) is 11.8 Å². The minimum Gasteiger partial charge on any atom is -0.394 e. The molecule has 10 heteroatoms. The maximum Gasteiger partial charge on any atom is 0.270 e. The smallest absolute Gasteiger partial charge is 0.270 e. The molecule has 0 unspecified atom stereocenters. The fourth-order valence-corrected chi connectivity index (χ4v) is 2.98. The molecule has 142 valence electrons. The van der Waals surface area contributed by atoms with Gasteiger partial charge in [-0.1, -0.05) is 28.4 Å². The van der Waals surface area contributed by atoms with Gasteiger partial charge in [-0.25, -0.2) is 4.98 Å². The lowest BCUT2D eigenvalue weighted by atomic mass is 10.1. The number of hydrogen-bond donors (Lipinski definition) is 3. The van der Waals surface area contributed by atoms with E-state index in [1.54, 1.807) is 24.4 Å². The predicted octanol–water partition coefficient (Wildman–Crippen LogP) is 3.38. The molecule has 0 aliphatic heterocycles. The summed E-state index contributed by atoms with van der Waals surface area (Å²) in [6.07, 6.45) is 3.09. The SMILES string of the molecule is O=C(N[C@@H](CO)c1nc(-c2c[nH]c3ccc(Cl)cc23)no1)c1ccc(Cl)cn1. The number of amides is 1. The van der Waals surface area contributed by atoms with Crippen LogP contribution in [0.4, 0.5) is 0 Å². The maximum absolute atomic E-state index is 12.3. The highest BCUT2D eigenvalue weighted by molar-refractivity contribution is 6.31. The van der Waals surface area contributed by atoms with Gasteiger partial charge in [-0.2, -0.15) is 4.98 Å². The number of aromatic amines is 1. The van der Waals surface area contributed by atoms with Crippen molar-refractivity contribution in [1.29, 1.82) is 0 Å². The van der Waals surface area contributed by atoms with E-state index in [1.807, 2.05) is 6.07 Å². The van der Waals surface area contributed by atoms with E-state index >= 15 is 0 Å². The van der Waals surface area contributed by atoms with Crippen LogP contribution in [0.25, 0.3) is 22.3 Å². The van der Waals surface area contributed by atoms with Crippen LogP contribution in [0.3, 0.4) is 0 Å². The van der Waals surface area contributed by atoms with Crippen LogP contribution in [0.1, 0.15) is 22.4 Å². The van der Waals surface area contributed by atoms with Gasteiger partial charge in [0.05, 0.1) is 11.6 Å². The highest BCUT2D eigenvalue weighted by Gasteiger charge is 2.23. The van der Waals surface area contributed by atoms with E-state index in [2.05, 4.69) is 25.4 Å². The molecule has 0 aliphatic carbocycles. The predicted molar refractivity (Wildman–Crippen MR) is 103 cm³/mol. The first-order valence-corrected chi connectivity index (χ1v) is 8.94. The van der Waals surface area contributed by atoms with Crippen molar-refractivity contribution in [2.75, 3.05) is 6.61 Å². The Labute approximate surface area is 168 Å². The number of carbonyl (C=O) groups is 1. The summed E-state index contributed by atoms with van der Waals surface area (Å²) < 4.78 is 5.25. The molecule has 4 rings (SSSR count). The van der Waals surface area contributed by atoms with Gasteiger partial charge in [0, 0.05) is 33.9 Å². The van der Waals surface area contributed by atoms with Gasteiger partial charge in [0.2, 0.25) is 5.82 Å². The normalized spacial score (nSPS) is 12.2. The lowest BCUT2D eigenvalue weighted by Crippen LogP contribution is -2.31. The molecule has 1 aromatic carbocycles. The molecule has 0 bridgehead atoms. The summed E-state index contributed by atoms with van der Waals surface area (Å²) in [5.74, 6) is -0.133. The van der Waals surface area contributed by atoms with Crippen molar-refractivity contribution in [1.82, 2.24) is 25.4 Å². The van der Waals surface area contributed by atoms with Crippen LogP contribution in [0.2, 0.25) is 10.0 Å². The summed E-state index contributed by atoms with van der Waals surface area (Å²) in [5.41, 5.74) is 1.70. The minimum absolute atomic E-state index is 0.0659. The number of pyridine rings is 1. The zero-order chi connectivity index (χ0) is 19.7. The molecule has 3 N–H and O–H groups in total. The topological polar surface area (TPSA) is 117 Å². The van der Waals surface area contributed by atoms with Crippen molar-refractivity contribution in [3.05, 3.63) is 64.4 Å². The van der Waals surface area contributed by atoms with E-state index in [-0.39, 0.29) is 11.6 Å². The van der Waals surface area contributed by atoms with Crippen molar-refractivity contribution in [3.8, 4) is 11.4 Å². The van der Waals surface area contributed by atoms with E-state index in [9.17, 15) is 9.90 Å². The number of nitrogens with zero attached hydrogens (tertiary/aromatic N) is 3. The molecule has 0 aliphatic rings. The monoisotopic (exact) mass is 417 g/mol. The maximum atomic E-state index is 12.3. The van der Waals surface area contributed by atoms with Gasteiger partial charge in [-0.3, -0.25) is 4.79 Å². The molecule has 0 spiro atoms. The Morgan fingerprint density at radius 3 is 2.82 bits per heavy atom. The molecule has 0 fully saturated rings. The second kappa shape index (κ2) is 7.59. The van der Waals surface area contributed by atoms with Crippen molar-refractivity contribution >= 4 is 40.0 Å². The largest absolute Gasteiger partial charge is 0.394 e. The van der Waals surface area contributed by atoms with Crippen molar-refractivity contribution in [3.63, 3.8) is 0 Å². The number of carbonyl (C=O) groups excluding carboxylic acids is 1. The van der Waals surface area contributed by atoms with Crippen LogP contribution in [0.15, 0.2) is 47.2 Å². The number of aliphatic hydroxyl groups is 1. The van der Waals surface area contributed by atoms with Gasteiger partial charge in [0.15, 0.2) is 0 Å². The van der Waals surface area contributed by atoms with Crippen LogP contribution < -0.4 is 5.32 Å². The Morgan fingerprint density at radius 1 is 1.25 bits per heavy atom. The van der Waals surface area contributed by atoms with Crippen LogP contribution in [-0.2, 0) is 0 Å². The molecule has 3 heterocycles. The second-order valence-corrected chi connectivity index (χ2v) is 6.79. The first-order chi connectivity index (χ1) is 13.5. The van der Waals surface area contributed by atoms with Crippen LogP contribution in [-0.4, -0.2) is 37.7 Å². The zero-order valence-corrected chi connectivity index (χ0v) is 15.7. The molecule has 1 atom stereocenters. The Balaban J connectivity index is 1.58. The average molecular weight is 418 g/mol. The van der Waals surface area contributed by atoms with Crippen molar-refractivity contribution in [2.45, 2.75) is 6.04 Å². The molecular weight excluding hydrogens is 405 g/mol. The van der Waals surface area contributed by atoms with Crippen LogP contribution in [0, 0.1) is 0 Å². The van der Waals surface area contributed by atoms with E-state index in [0.717, 1.165) is 10.9 Å². The lowest BCUT2D eigenvalue weighted by Gasteiger charge is -2.11. The summed E-state index contributed by atoms with van der Waals surface area (Å²) in [7, 11) is 0. The molecule has 0 saturated carbocycles. The first kappa shape index (κ1) is 18.4. The minimum atomic E-state index is -0.889. The summed E-state index contributed by atoms with van der Waals surface area (Å²) in [6, 6.07) is 7.54. The second-order valence-electron chi connectivity index (χ2n) is 5.92. The van der Waals surface area contributed by atoms with E-state index in [1.165, 1.54) is 12.3 Å². The average Bonchev–Trinajstić information content (AvgIpc) is 3.33. The molecule has 4 aromatic rings. The summed E-state index contributed by atoms with van der Waals surface area (Å²) in [4.78, 5) is 23.7.